The lowest BCUT2D eigenvalue weighted by Crippen LogP contribution is -2.71. The van der Waals surface area contributed by atoms with Gasteiger partial charge in [-0.2, -0.15) is 0 Å². The second-order valence-corrected chi connectivity index (χ2v) is 8.28. The highest BCUT2D eigenvalue weighted by Gasteiger charge is 2.48. The van der Waals surface area contributed by atoms with Crippen LogP contribution in [0.4, 0.5) is 0 Å². The van der Waals surface area contributed by atoms with Crippen molar-refractivity contribution < 1.29 is 0 Å². The fraction of sp³-hybridized carbons (Fsp3) is 0.867. The van der Waals surface area contributed by atoms with Crippen molar-refractivity contribution in [1.29, 1.82) is 0 Å². The summed E-state index contributed by atoms with van der Waals surface area (Å²) >= 11 is 0. The summed E-state index contributed by atoms with van der Waals surface area (Å²) in [6.07, 6.45) is 8.39. The topological polar surface area (TPSA) is 9.72 Å². The Hall–Kier alpha value is -0.163. The van der Waals surface area contributed by atoms with Gasteiger partial charge in [0.1, 0.15) is 14.9 Å². The molecule has 3 aliphatic rings. The molecule has 0 N–H and O–H groups in total. The number of nitrogens with zero attached hydrogens (tertiary/aromatic N) is 3. The molecule has 4 heteroatoms. The maximum Gasteiger partial charge on any atom is 0.113 e. The summed E-state index contributed by atoms with van der Waals surface area (Å²) < 4.78 is 0. The second kappa shape index (κ2) is 6.08. The monoisotopic (exact) mass is 279 g/mol. The summed E-state index contributed by atoms with van der Waals surface area (Å²) in [7, 11) is -0.318. The smallest absolute Gasteiger partial charge is 0.113 e. The van der Waals surface area contributed by atoms with Gasteiger partial charge in [0.05, 0.1) is 0 Å². The van der Waals surface area contributed by atoms with Crippen LogP contribution in [0, 0.1) is 0 Å². The van der Waals surface area contributed by atoms with Crippen molar-refractivity contribution >= 4 is 9.52 Å². The van der Waals surface area contributed by atoms with E-state index in [0.717, 1.165) is 0 Å². The third-order valence-electron chi connectivity index (χ3n) is 5.26. The lowest BCUT2D eigenvalue weighted by atomic mass is 10.4. The Morgan fingerprint density at radius 2 is 1.00 bits per heavy atom. The van der Waals surface area contributed by atoms with Gasteiger partial charge in [-0.3, -0.25) is 14.7 Å². The molecule has 0 amide bonds. The van der Waals surface area contributed by atoms with Crippen LogP contribution >= 0.6 is 0 Å². The largest absolute Gasteiger partial charge is 0.276 e. The van der Waals surface area contributed by atoms with Gasteiger partial charge >= 0.3 is 0 Å². The summed E-state index contributed by atoms with van der Waals surface area (Å²) in [6, 6.07) is 0. The molecule has 3 saturated heterocycles. The van der Waals surface area contributed by atoms with Gasteiger partial charge in [0.25, 0.3) is 0 Å². The zero-order valence-corrected chi connectivity index (χ0v) is 13.7. The first-order valence-corrected chi connectivity index (χ1v) is 9.76. The Balaban J connectivity index is 1.90. The van der Waals surface area contributed by atoms with Gasteiger partial charge in [-0.15, -0.1) is 12.3 Å². The van der Waals surface area contributed by atoms with Crippen molar-refractivity contribution in [2.45, 2.75) is 43.9 Å². The average molecular weight is 280 g/mol. The molecule has 0 aromatic carbocycles. The van der Waals surface area contributed by atoms with Gasteiger partial charge in [0, 0.05) is 39.3 Å². The Morgan fingerprint density at radius 1 is 0.684 bits per heavy atom. The molecule has 0 atom stereocenters. The van der Waals surface area contributed by atoms with Crippen LogP contribution in [0.1, 0.15) is 38.5 Å². The maximum absolute atomic E-state index is 4.14. The van der Waals surface area contributed by atoms with Crippen molar-refractivity contribution in [3.8, 4) is 0 Å². The fourth-order valence-electron chi connectivity index (χ4n) is 4.41. The fourth-order valence-corrected chi connectivity index (χ4v) is 6.52. The molecule has 0 unspecified atom stereocenters. The molecular weight excluding hydrogens is 250 g/mol. The zero-order chi connectivity index (χ0) is 13.1. The second-order valence-electron chi connectivity index (χ2n) is 6.35. The first-order chi connectivity index (χ1) is 9.38. The Bertz CT molecular complexity index is 262. The minimum absolute atomic E-state index is 0.311. The number of rotatable bonds is 5. The summed E-state index contributed by atoms with van der Waals surface area (Å²) in [4.78, 5) is 8.49. The Morgan fingerprint density at radius 3 is 1.26 bits per heavy atom. The lowest BCUT2D eigenvalue weighted by Gasteiger charge is -2.53. The van der Waals surface area contributed by atoms with Crippen molar-refractivity contribution in [2.24, 2.45) is 0 Å². The van der Waals surface area contributed by atoms with Crippen molar-refractivity contribution in [2.75, 3.05) is 39.3 Å². The first kappa shape index (κ1) is 13.8. The third-order valence-corrected chi connectivity index (χ3v) is 7.43. The highest BCUT2D eigenvalue weighted by atomic mass is 28.2. The molecule has 3 nitrogen and oxygen atoms in total. The Kier molecular flexibility index (Phi) is 4.42. The molecule has 0 radical (unpaired) electrons. The predicted octanol–water partition coefficient (Wildman–Crippen LogP) is 1.20. The first-order valence-electron chi connectivity index (χ1n) is 8.24. The summed E-state index contributed by atoms with van der Waals surface area (Å²) in [5.74, 6) is 0. The van der Waals surface area contributed by atoms with Crippen LogP contribution in [0.5, 0.6) is 0 Å². The molecular formula is C15H29N3Si. The van der Waals surface area contributed by atoms with Gasteiger partial charge < -0.3 is 0 Å². The molecule has 108 valence electrons. The van der Waals surface area contributed by atoms with E-state index in [1.165, 1.54) is 77.8 Å². The Labute approximate surface area is 120 Å². The molecule has 19 heavy (non-hydrogen) atoms. The van der Waals surface area contributed by atoms with E-state index in [2.05, 4.69) is 27.0 Å². The molecule has 0 aromatic heterocycles. The van der Waals surface area contributed by atoms with E-state index in [0.29, 0.717) is 5.41 Å². The van der Waals surface area contributed by atoms with E-state index in [1.807, 2.05) is 0 Å². The molecule has 0 aliphatic carbocycles. The normalized spacial score (nSPS) is 28.0. The third kappa shape index (κ3) is 2.44. The number of hydrogen-bond donors (Lipinski definition) is 0. The SMILES string of the molecule is C=C[SiH2]C(N1CCCC1)(N1CCCC1)N1CCCC1. The summed E-state index contributed by atoms with van der Waals surface area (Å²) in [6.45, 7) is 12.0. The molecule has 0 spiro atoms. The number of hydrogen-bond acceptors (Lipinski definition) is 3. The molecule has 3 fully saturated rings. The molecule has 3 aliphatic heterocycles. The lowest BCUT2D eigenvalue weighted by molar-refractivity contribution is -0.0812. The van der Waals surface area contributed by atoms with Crippen LogP contribution in [0.2, 0.25) is 0 Å². The van der Waals surface area contributed by atoms with Crippen LogP contribution in [0.25, 0.3) is 0 Å². The molecule has 0 bridgehead atoms. The van der Waals surface area contributed by atoms with E-state index < -0.39 is 0 Å². The van der Waals surface area contributed by atoms with E-state index in [-0.39, 0.29) is 9.52 Å². The van der Waals surface area contributed by atoms with Crippen molar-refractivity contribution in [1.82, 2.24) is 14.7 Å². The number of likely N-dealkylation sites (tertiary alicyclic amines) is 3. The average Bonchev–Trinajstić information content (AvgIpc) is 3.18. The summed E-state index contributed by atoms with van der Waals surface area (Å²) in [5.41, 5.74) is 2.61. The molecule has 3 heterocycles. The van der Waals surface area contributed by atoms with Gasteiger partial charge in [-0.25, -0.2) is 0 Å². The van der Waals surface area contributed by atoms with Crippen LogP contribution in [-0.2, 0) is 0 Å². The minimum Gasteiger partial charge on any atom is -0.276 e. The minimum atomic E-state index is -0.318. The van der Waals surface area contributed by atoms with E-state index in [9.17, 15) is 0 Å². The summed E-state index contributed by atoms with van der Waals surface area (Å²) in [5, 5.41) is 0. The van der Waals surface area contributed by atoms with Crippen LogP contribution in [-0.4, -0.2) is 68.9 Å². The van der Waals surface area contributed by atoms with E-state index >= 15 is 0 Å². The highest BCUT2D eigenvalue weighted by Crippen LogP contribution is 2.33. The molecule has 0 saturated carbocycles. The quantitative estimate of drug-likeness (QED) is 0.700. The van der Waals surface area contributed by atoms with Gasteiger partial charge in [0.15, 0.2) is 0 Å². The standard InChI is InChI=1S/C15H29N3Si/c1-2-19-15(16-9-3-4-10-16,17-11-5-6-12-17)18-13-7-8-14-18/h2H,1,3-14,19H2. The van der Waals surface area contributed by atoms with Gasteiger partial charge in [-0.1, -0.05) is 0 Å². The van der Waals surface area contributed by atoms with Gasteiger partial charge in [0.2, 0.25) is 0 Å². The van der Waals surface area contributed by atoms with Crippen molar-refractivity contribution in [3.05, 3.63) is 12.3 Å². The van der Waals surface area contributed by atoms with Crippen LogP contribution in [0.3, 0.4) is 0 Å². The predicted molar refractivity (Wildman–Crippen MR) is 83.9 cm³/mol. The highest BCUT2D eigenvalue weighted by molar-refractivity contribution is 6.45. The molecule has 0 aromatic rings. The van der Waals surface area contributed by atoms with Crippen LogP contribution in [0.15, 0.2) is 12.3 Å². The zero-order valence-electron chi connectivity index (χ0n) is 12.3. The maximum atomic E-state index is 4.14. The van der Waals surface area contributed by atoms with Crippen LogP contribution < -0.4 is 0 Å². The van der Waals surface area contributed by atoms with Gasteiger partial charge in [-0.05, 0) is 38.5 Å². The van der Waals surface area contributed by atoms with Crippen molar-refractivity contribution in [3.63, 3.8) is 0 Å². The molecule has 3 rings (SSSR count). The van der Waals surface area contributed by atoms with E-state index in [4.69, 9.17) is 0 Å². The van der Waals surface area contributed by atoms with E-state index in [1.54, 1.807) is 0 Å².